The second-order valence-corrected chi connectivity index (χ2v) is 6.79. The molecule has 20 heavy (non-hydrogen) atoms. The number of carbonyl (C=O) groups is 1. The van der Waals surface area contributed by atoms with E-state index in [-0.39, 0.29) is 9.68 Å². The van der Waals surface area contributed by atoms with Crippen LogP contribution < -0.4 is 25.9 Å². The molecule has 1 rings (SSSR count). The molecular formula is C14H18IO5+. The van der Waals surface area contributed by atoms with Crippen molar-refractivity contribution in [3.8, 4) is 5.75 Å². The molecule has 1 N–H and O–H groups in total. The van der Waals surface area contributed by atoms with E-state index in [9.17, 15) is 9.90 Å². The minimum absolute atomic E-state index is 0.0294. The van der Waals surface area contributed by atoms with Gasteiger partial charge in [0.1, 0.15) is 0 Å². The van der Waals surface area contributed by atoms with Gasteiger partial charge in [-0.25, -0.2) is 4.79 Å². The zero-order valence-electron chi connectivity index (χ0n) is 11.8. The highest BCUT2D eigenvalue weighted by molar-refractivity contribution is 5.85. The minimum atomic E-state index is -0.981. The van der Waals surface area contributed by atoms with Gasteiger partial charge in [-0.1, -0.05) is 12.1 Å². The molecular weight excluding hydrogens is 375 g/mol. The van der Waals surface area contributed by atoms with Crippen molar-refractivity contribution >= 4 is 5.97 Å². The summed E-state index contributed by atoms with van der Waals surface area (Å²) in [7, 11) is 2.57. The van der Waals surface area contributed by atoms with Gasteiger partial charge in [-0.15, -0.1) is 0 Å². The Bertz CT molecular complexity index is 496. The van der Waals surface area contributed by atoms with Crippen LogP contribution in [-0.4, -0.2) is 31.4 Å². The predicted octanol–water partition coefficient (Wildman–Crippen LogP) is -0.721. The van der Waals surface area contributed by atoms with Gasteiger partial charge >= 0.3 is 36.7 Å². The Morgan fingerprint density at radius 2 is 1.85 bits per heavy atom. The number of para-hydroxylation sites is 1. The van der Waals surface area contributed by atoms with Gasteiger partial charge in [0, 0.05) is 0 Å². The first-order valence-electron chi connectivity index (χ1n) is 5.95. The molecule has 0 unspecified atom stereocenters. The molecule has 0 atom stereocenters. The Hall–Kier alpha value is -1.44. The van der Waals surface area contributed by atoms with E-state index in [1.165, 1.54) is 14.2 Å². The maximum absolute atomic E-state index is 11.7. The fourth-order valence-corrected chi connectivity index (χ4v) is 3.75. The van der Waals surface area contributed by atoms with Crippen LogP contribution >= 0.6 is 0 Å². The topological polar surface area (TPSA) is 65.0 Å². The molecule has 0 saturated carbocycles. The monoisotopic (exact) mass is 393 g/mol. The molecule has 110 valence electrons. The van der Waals surface area contributed by atoms with E-state index < -0.39 is 33.1 Å². The van der Waals surface area contributed by atoms with E-state index >= 15 is 0 Å². The highest BCUT2D eigenvalue weighted by Crippen LogP contribution is 2.11. The lowest BCUT2D eigenvalue weighted by atomic mass is 10.3. The van der Waals surface area contributed by atoms with Crippen molar-refractivity contribution in [1.82, 2.24) is 0 Å². The van der Waals surface area contributed by atoms with Crippen LogP contribution in [-0.2, 0) is 14.3 Å². The molecule has 5 nitrogen and oxygen atoms in total. The molecule has 0 fully saturated rings. The molecule has 0 heterocycles. The summed E-state index contributed by atoms with van der Waals surface area (Å²) in [6.45, 7) is 3.86. The molecule has 0 aliphatic heterocycles. The number of methoxy groups -OCH3 is 2. The van der Waals surface area contributed by atoms with Crippen molar-refractivity contribution < 1.29 is 45.3 Å². The number of carbonyl (C=O) groups excluding carboxylic acids is 1. The third-order valence-corrected chi connectivity index (χ3v) is 5.05. The molecule has 1 aromatic carbocycles. The quantitative estimate of drug-likeness (QED) is 0.299. The molecule has 0 aliphatic rings. The van der Waals surface area contributed by atoms with Crippen LogP contribution in [0.1, 0.15) is 13.8 Å². The first kappa shape index (κ1) is 16.6. The van der Waals surface area contributed by atoms with E-state index in [1.54, 1.807) is 0 Å². The zero-order valence-corrected chi connectivity index (χ0v) is 14.0. The first-order valence-corrected chi connectivity index (χ1v) is 8.11. The van der Waals surface area contributed by atoms with E-state index in [4.69, 9.17) is 9.47 Å². The Morgan fingerprint density at radius 1 is 1.20 bits per heavy atom. The number of aliphatic hydroxyl groups is 1. The van der Waals surface area contributed by atoms with Gasteiger partial charge in [-0.3, -0.25) is 0 Å². The number of halogens is 1. The van der Waals surface area contributed by atoms with Gasteiger partial charge in [-0.2, -0.15) is 0 Å². The number of hydrogen-bond acceptors (Lipinski definition) is 5. The molecule has 0 amide bonds. The highest BCUT2D eigenvalue weighted by Gasteiger charge is 2.36. The maximum atomic E-state index is 11.7. The van der Waals surface area contributed by atoms with Crippen LogP contribution in [0.25, 0.3) is 0 Å². The fraction of sp³-hybridized carbons (Fsp3) is 0.357. The fourth-order valence-electron chi connectivity index (χ4n) is 1.32. The third-order valence-electron chi connectivity index (χ3n) is 2.14. The van der Waals surface area contributed by atoms with Crippen molar-refractivity contribution in [1.29, 1.82) is 0 Å². The van der Waals surface area contributed by atoms with Crippen LogP contribution in [0.2, 0.25) is 0 Å². The molecule has 0 aromatic heterocycles. The molecule has 0 bridgehead atoms. The van der Waals surface area contributed by atoms with Gasteiger partial charge in [-0.05, 0) is 26.0 Å². The van der Waals surface area contributed by atoms with Gasteiger partial charge in [0.2, 0.25) is 3.57 Å². The molecule has 0 saturated heterocycles. The lowest BCUT2D eigenvalue weighted by Crippen LogP contribution is -3.61. The zero-order chi connectivity index (χ0) is 15.1. The molecule has 0 spiro atoms. The predicted molar refractivity (Wildman–Crippen MR) is 69.6 cm³/mol. The highest BCUT2D eigenvalue weighted by atomic mass is 127. The number of benzene rings is 1. The van der Waals surface area contributed by atoms with E-state index in [0.29, 0.717) is 5.75 Å². The molecule has 1 aromatic rings. The minimum Gasteiger partial charge on any atom is -0.486 e. The van der Waals surface area contributed by atoms with Crippen LogP contribution in [0.4, 0.5) is 0 Å². The number of rotatable bonds is 6. The van der Waals surface area contributed by atoms with Crippen molar-refractivity contribution in [3.05, 3.63) is 37.4 Å². The third kappa shape index (κ3) is 4.59. The van der Waals surface area contributed by atoms with Crippen molar-refractivity contribution in [2.75, 3.05) is 14.2 Å². The maximum Gasteiger partial charge on any atom is 0.392 e. The Morgan fingerprint density at radius 3 is 2.40 bits per heavy atom. The van der Waals surface area contributed by atoms with Gasteiger partial charge < -0.3 is 19.3 Å². The lowest BCUT2D eigenvalue weighted by molar-refractivity contribution is -0.576. The van der Waals surface area contributed by atoms with Crippen molar-refractivity contribution in [3.63, 3.8) is 0 Å². The van der Waals surface area contributed by atoms with Gasteiger partial charge in [0.15, 0.2) is 5.75 Å². The van der Waals surface area contributed by atoms with Crippen LogP contribution in [0.15, 0.2) is 33.8 Å². The molecule has 6 heteroatoms. The normalized spacial score (nSPS) is 11.8. The first-order chi connectivity index (χ1) is 9.49. The van der Waals surface area contributed by atoms with Crippen LogP contribution in [0, 0.1) is 3.57 Å². The van der Waals surface area contributed by atoms with E-state index in [0.717, 1.165) is 3.57 Å². The summed E-state index contributed by atoms with van der Waals surface area (Å²) in [6, 6.07) is 7.44. The number of aliphatic hydroxyl groups excluding tert-OH is 1. The summed E-state index contributed by atoms with van der Waals surface area (Å²) in [5.74, 6) is -0.277. The largest absolute Gasteiger partial charge is 0.486 e. The summed E-state index contributed by atoms with van der Waals surface area (Å²) in [5.41, 5.74) is 0. The Kier molecular flexibility index (Phi) is 6.63. The smallest absolute Gasteiger partial charge is 0.392 e. The Balaban J connectivity index is 3.09. The average Bonchev–Trinajstić information content (AvgIpc) is 2.44. The molecule has 0 aliphatic carbocycles. The summed E-state index contributed by atoms with van der Waals surface area (Å²) in [5, 5.41) is 9.70. The summed E-state index contributed by atoms with van der Waals surface area (Å²) in [4.78, 5) is 11.7. The second-order valence-electron chi connectivity index (χ2n) is 4.01. The standard InChI is InChI=1S/C14H17IO5/c1-9(2)20-11-8-6-5-7-10(11)15-12(13(16)18-3)14(17)19-4/h5-9H,1-4H3/p+1. The van der Waals surface area contributed by atoms with Gasteiger partial charge in [0.05, 0.1) is 20.3 Å². The van der Waals surface area contributed by atoms with Crippen LogP contribution in [0.3, 0.4) is 0 Å². The lowest BCUT2D eigenvalue weighted by Gasteiger charge is -2.08. The SMILES string of the molecule is COC(=O)/C([I+]c1ccccc1OC(C)C)=C(\O)OC. The van der Waals surface area contributed by atoms with E-state index in [1.807, 2.05) is 38.1 Å². The number of hydrogen-bond donors (Lipinski definition) is 1. The number of ether oxygens (including phenoxy) is 3. The van der Waals surface area contributed by atoms with E-state index in [2.05, 4.69) is 4.74 Å². The number of esters is 1. The molecule has 0 radical (unpaired) electrons. The average molecular weight is 393 g/mol. The van der Waals surface area contributed by atoms with Crippen molar-refractivity contribution in [2.24, 2.45) is 0 Å². The van der Waals surface area contributed by atoms with Gasteiger partial charge in [0.25, 0.3) is 0 Å². The summed E-state index contributed by atoms with van der Waals surface area (Å²) < 4.78 is 16.2. The summed E-state index contributed by atoms with van der Waals surface area (Å²) in [6.07, 6.45) is 0.0294. The van der Waals surface area contributed by atoms with Crippen LogP contribution in [0.5, 0.6) is 5.75 Å². The van der Waals surface area contributed by atoms with Crippen molar-refractivity contribution in [2.45, 2.75) is 20.0 Å². The Labute approximate surface area is 128 Å². The second kappa shape index (κ2) is 7.98. The summed E-state index contributed by atoms with van der Waals surface area (Å²) >= 11 is -0.981.